The van der Waals surface area contributed by atoms with Gasteiger partial charge >= 0.3 is 0 Å². The van der Waals surface area contributed by atoms with Crippen LogP contribution in [0.2, 0.25) is 0 Å². The van der Waals surface area contributed by atoms with Gasteiger partial charge in [-0.25, -0.2) is 0 Å². The molecule has 0 bridgehead atoms. The first-order valence-electron chi connectivity index (χ1n) is 14.6. The molecule has 0 atom stereocenters. The van der Waals surface area contributed by atoms with Gasteiger partial charge < -0.3 is 19.7 Å². The van der Waals surface area contributed by atoms with Gasteiger partial charge in [0.25, 0.3) is 5.91 Å². The molecule has 2 aromatic rings. The van der Waals surface area contributed by atoms with Crippen LogP contribution >= 0.6 is 28.7 Å². The summed E-state index contributed by atoms with van der Waals surface area (Å²) in [7, 11) is 0. The highest BCUT2D eigenvalue weighted by Gasteiger charge is 2.20. The molecule has 0 saturated heterocycles. The topological polar surface area (TPSA) is 50.8 Å². The molecule has 1 aliphatic heterocycles. The number of unbranched alkanes of at least 4 members (excludes halogenated alkanes) is 7. The molecule has 1 heterocycles. The highest BCUT2D eigenvalue weighted by atomic mass is 79.9. The summed E-state index contributed by atoms with van der Waals surface area (Å²) < 4.78 is 12.1. The molecule has 222 valence electrons. The number of benzene rings is 2. The Kier molecular flexibility index (Phi) is 15.0. The molecule has 0 fully saturated rings. The Bertz CT molecular complexity index is 1080. The zero-order valence-corrected chi connectivity index (χ0v) is 27.6. The summed E-state index contributed by atoms with van der Waals surface area (Å²) in [5, 5.41) is 2.97. The molecule has 0 aliphatic carbocycles. The first-order valence-corrected chi connectivity index (χ1v) is 15.6. The van der Waals surface area contributed by atoms with Gasteiger partial charge in [0.2, 0.25) is 0 Å². The lowest BCUT2D eigenvalue weighted by Crippen LogP contribution is -2.20. The SMILES string of the molecule is Br.CCCCCCCCCCOc1cc(OCC(=O)Nc2cccc(CN3C=C(C)SC3)c2)ccc1C(C)(C)C. The highest BCUT2D eigenvalue weighted by Crippen LogP contribution is 2.34. The molecular formula is C33H49BrN2O3S. The maximum Gasteiger partial charge on any atom is 0.262 e. The van der Waals surface area contributed by atoms with E-state index in [2.05, 4.69) is 63.2 Å². The Morgan fingerprint density at radius 1 is 0.975 bits per heavy atom. The first kappa shape index (κ1) is 34.1. The van der Waals surface area contributed by atoms with Crippen molar-refractivity contribution in [2.45, 2.75) is 97.9 Å². The van der Waals surface area contributed by atoms with Gasteiger partial charge in [0, 0.05) is 24.5 Å². The number of hydrogen-bond donors (Lipinski definition) is 1. The number of hydrogen-bond acceptors (Lipinski definition) is 5. The smallest absolute Gasteiger partial charge is 0.262 e. The van der Waals surface area contributed by atoms with Crippen LogP contribution in [-0.4, -0.2) is 29.9 Å². The molecule has 0 unspecified atom stereocenters. The maximum absolute atomic E-state index is 12.7. The molecule has 5 nitrogen and oxygen atoms in total. The maximum atomic E-state index is 12.7. The number of amides is 1. The number of carbonyl (C=O) groups excluding carboxylic acids is 1. The van der Waals surface area contributed by atoms with Crippen molar-refractivity contribution in [3.8, 4) is 11.5 Å². The molecule has 0 radical (unpaired) electrons. The van der Waals surface area contributed by atoms with E-state index in [0.29, 0.717) is 12.4 Å². The second-order valence-electron chi connectivity index (χ2n) is 11.5. The van der Waals surface area contributed by atoms with Crippen LogP contribution in [0.15, 0.2) is 53.6 Å². The van der Waals surface area contributed by atoms with Gasteiger partial charge in [-0.05, 0) is 53.0 Å². The number of carbonyl (C=O) groups is 1. The van der Waals surface area contributed by atoms with Crippen molar-refractivity contribution in [3.05, 3.63) is 64.7 Å². The van der Waals surface area contributed by atoms with Crippen LogP contribution in [0.5, 0.6) is 11.5 Å². The summed E-state index contributed by atoms with van der Waals surface area (Å²) in [6.45, 7) is 12.4. The van der Waals surface area contributed by atoms with E-state index in [1.54, 1.807) is 0 Å². The quantitative estimate of drug-likeness (QED) is 0.187. The van der Waals surface area contributed by atoms with Gasteiger partial charge in [-0.3, -0.25) is 4.79 Å². The van der Waals surface area contributed by atoms with Gasteiger partial charge in [-0.2, -0.15) is 0 Å². The predicted octanol–water partition coefficient (Wildman–Crippen LogP) is 9.47. The number of ether oxygens (including phenoxy) is 2. The number of rotatable bonds is 16. The third kappa shape index (κ3) is 12.2. The normalized spacial score (nSPS) is 13.0. The molecule has 1 aliphatic rings. The molecule has 0 aromatic heterocycles. The third-order valence-electron chi connectivity index (χ3n) is 6.81. The van der Waals surface area contributed by atoms with Gasteiger partial charge in [0.05, 0.1) is 12.5 Å². The summed E-state index contributed by atoms with van der Waals surface area (Å²) in [5.41, 5.74) is 3.05. The summed E-state index contributed by atoms with van der Waals surface area (Å²) in [6.07, 6.45) is 12.4. The first-order chi connectivity index (χ1) is 18.7. The number of nitrogens with one attached hydrogen (secondary N) is 1. The largest absolute Gasteiger partial charge is 0.493 e. The molecule has 3 rings (SSSR count). The van der Waals surface area contributed by atoms with Crippen molar-refractivity contribution >= 4 is 40.3 Å². The molecule has 0 spiro atoms. The third-order valence-corrected chi connectivity index (χ3v) is 7.83. The van der Waals surface area contributed by atoms with Crippen LogP contribution < -0.4 is 14.8 Å². The lowest BCUT2D eigenvalue weighted by atomic mass is 9.86. The van der Waals surface area contributed by atoms with E-state index in [-0.39, 0.29) is 34.9 Å². The van der Waals surface area contributed by atoms with E-state index in [1.807, 2.05) is 42.1 Å². The Morgan fingerprint density at radius 2 is 1.70 bits per heavy atom. The van der Waals surface area contributed by atoms with Crippen molar-refractivity contribution in [1.82, 2.24) is 4.90 Å². The van der Waals surface area contributed by atoms with Crippen LogP contribution in [0.4, 0.5) is 5.69 Å². The van der Waals surface area contributed by atoms with Gasteiger partial charge in [-0.1, -0.05) is 90.8 Å². The lowest BCUT2D eigenvalue weighted by Gasteiger charge is -2.23. The standard InChI is InChI=1S/C33H48N2O3S.BrH/c1-6-7-8-9-10-11-12-13-19-37-31-21-29(17-18-30(31)33(3,4)5)38-24-32(36)34-28-16-14-15-27(20-28)23-35-22-26(2)39-25-35;/h14-18,20-22H,6-13,19,23-25H2,1-5H3,(H,34,36);1H. The second kappa shape index (κ2) is 17.6. The number of halogens is 1. The number of allylic oxidation sites excluding steroid dienone is 1. The van der Waals surface area contributed by atoms with Crippen LogP contribution in [0.3, 0.4) is 0 Å². The van der Waals surface area contributed by atoms with E-state index in [9.17, 15) is 4.79 Å². The molecule has 1 amide bonds. The van der Waals surface area contributed by atoms with E-state index >= 15 is 0 Å². The molecule has 40 heavy (non-hydrogen) atoms. The fraction of sp³-hybridized carbons (Fsp3) is 0.545. The minimum atomic E-state index is -0.180. The minimum Gasteiger partial charge on any atom is -0.493 e. The van der Waals surface area contributed by atoms with Gasteiger partial charge in [0.1, 0.15) is 11.5 Å². The summed E-state index contributed by atoms with van der Waals surface area (Å²) in [6, 6.07) is 13.9. The number of thioether (sulfide) groups is 1. The second-order valence-corrected chi connectivity index (χ2v) is 12.7. The Hall–Kier alpha value is -2.12. The van der Waals surface area contributed by atoms with Crippen LogP contribution in [0, 0.1) is 0 Å². The van der Waals surface area contributed by atoms with Crippen molar-refractivity contribution in [2.24, 2.45) is 0 Å². The Labute approximate surface area is 257 Å². The van der Waals surface area contributed by atoms with Crippen LogP contribution in [0.25, 0.3) is 0 Å². The average Bonchev–Trinajstić information content (AvgIpc) is 3.30. The van der Waals surface area contributed by atoms with Crippen molar-refractivity contribution < 1.29 is 14.3 Å². The van der Waals surface area contributed by atoms with E-state index in [4.69, 9.17) is 9.47 Å². The van der Waals surface area contributed by atoms with Crippen LogP contribution in [0.1, 0.15) is 97.1 Å². The zero-order valence-electron chi connectivity index (χ0n) is 25.1. The Balaban J connectivity index is 0.00000560. The Morgan fingerprint density at radius 3 is 2.38 bits per heavy atom. The molecule has 1 N–H and O–H groups in total. The van der Waals surface area contributed by atoms with E-state index < -0.39 is 0 Å². The van der Waals surface area contributed by atoms with Gasteiger partial charge in [0.15, 0.2) is 6.61 Å². The highest BCUT2D eigenvalue weighted by molar-refractivity contribution is 8.93. The monoisotopic (exact) mass is 632 g/mol. The minimum absolute atomic E-state index is 0. The predicted molar refractivity (Wildman–Crippen MR) is 176 cm³/mol. The lowest BCUT2D eigenvalue weighted by molar-refractivity contribution is -0.118. The molecule has 2 aromatic carbocycles. The zero-order chi connectivity index (χ0) is 28.1. The van der Waals surface area contributed by atoms with E-state index in [0.717, 1.165) is 41.4 Å². The molecule has 0 saturated carbocycles. The summed E-state index contributed by atoms with van der Waals surface area (Å²) in [4.78, 5) is 16.3. The van der Waals surface area contributed by atoms with E-state index in [1.165, 1.54) is 49.9 Å². The summed E-state index contributed by atoms with van der Waals surface area (Å²) in [5.74, 6) is 2.28. The van der Waals surface area contributed by atoms with Gasteiger partial charge in [-0.15, -0.1) is 28.7 Å². The van der Waals surface area contributed by atoms with Crippen molar-refractivity contribution in [1.29, 1.82) is 0 Å². The number of nitrogens with zero attached hydrogens (tertiary/aromatic N) is 1. The fourth-order valence-corrected chi connectivity index (χ4v) is 5.44. The summed E-state index contributed by atoms with van der Waals surface area (Å²) >= 11 is 1.85. The fourth-order valence-electron chi connectivity index (χ4n) is 4.69. The number of anilines is 1. The average molecular weight is 634 g/mol. The molecule has 7 heteroatoms. The molecular weight excluding hydrogens is 584 g/mol. The van der Waals surface area contributed by atoms with Crippen molar-refractivity contribution in [3.63, 3.8) is 0 Å². The van der Waals surface area contributed by atoms with Crippen molar-refractivity contribution in [2.75, 3.05) is 24.4 Å². The van der Waals surface area contributed by atoms with Crippen LogP contribution in [-0.2, 0) is 16.8 Å².